The van der Waals surface area contributed by atoms with Gasteiger partial charge < -0.3 is 9.84 Å². The van der Waals surface area contributed by atoms with E-state index < -0.39 is 6.10 Å². The fourth-order valence-corrected chi connectivity index (χ4v) is 5.12. The molecule has 0 aromatic heterocycles. The maximum absolute atomic E-state index is 13.1. The first-order valence-electron chi connectivity index (χ1n) is 12.6. The maximum Gasteiger partial charge on any atom is 0.261 e. The van der Waals surface area contributed by atoms with Crippen LogP contribution in [0, 0.1) is 13.8 Å². The molecule has 1 saturated heterocycles. The van der Waals surface area contributed by atoms with Crippen LogP contribution in [0.15, 0.2) is 54.6 Å². The lowest BCUT2D eigenvalue weighted by Crippen LogP contribution is -2.51. The molecule has 188 valence electrons. The van der Waals surface area contributed by atoms with Crippen LogP contribution in [0.2, 0.25) is 0 Å². The van der Waals surface area contributed by atoms with Crippen molar-refractivity contribution in [1.82, 2.24) is 14.7 Å². The van der Waals surface area contributed by atoms with E-state index in [0.29, 0.717) is 30.8 Å². The molecule has 2 amide bonds. The molecule has 0 spiro atoms. The predicted octanol–water partition coefficient (Wildman–Crippen LogP) is 3.11. The van der Waals surface area contributed by atoms with E-state index >= 15 is 0 Å². The molecule has 3 aromatic carbocycles. The van der Waals surface area contributed by atoms with Crippen LogP contribution in [0.25, 0.3) is 10.8 Å². The molecular weight excluding hydrogens is 454 g/mol. The molecular formula is C29H33N3O4. The number of imide groups is 1. The molecule has 7 nitrogen and oxygen atoms in total. The molecule has 0 radical (unpaired) electrons. The van der Waals surface area contributed by atoms with Crippen LogP contribution in [-0.2, 0) is 0 Å². The Kier molecular flexibility index (Phi) is 7.05. The number of nitrogens with zero attached hydrogens (tertiary/aromatic N) is 3. The number of hydrogen-bond acceptors (Lipinski definition) is 6. The number of hydrogen-bond donors (Lipinski definition) is 1. The molecule has 7 heteroatoms. The second-order valence-electron chi connectivity index (χ2n) is 9.85. The number of aliphatic hydroxyl groups is 1. The van der Waals surface area contributed by atoms with Crippen LogP contribution < -0.4 is 4.74 Å². The average Bonchev–Trinajstić information content (AvgIpc) is 2.88. The van der Waals surface area contributed by atoms with Crippen molar-refractivity contribution >= 4 is 22.6 Å². The number of aryl methyl sites for hydroxylation is 2. The van der Waals surface area contributed by atoms with Gasteiger partial charge in [-0.1, -0.05) is 36.4 Å². The third-order valence-corrected chi connectivity index (χ3v) is 7.20. The van der Waals surface area contributed by atoms with Crippen molar-refractivity contribution in [3.8, 4) is 5.75 Å². The molecule has 0 unspecified atom stereocenters. The summed E-state index contributed by atoms with van der Waals surface area (Å²) in [6.07, 6.45) is -0.567. The second kappa shape index (κ2) is 10.4. The third-order valence-electron chi connectivity index (χ3n) is 7.20. The van der Waals surface area contributed by atoms with Crippen molar-refractivity contribution in [2.45, 2.75) is 20.0 Å². The maximum atomic E-state index is 13.1. The van der Waals surface area contributed by atoms with Crippen molar-refractivity contribution in [2.75, 3.05) is 52.4 Å². The Balaban J connectivity index is 1.10. The third kappa shape index (κ3) is 5.00. The monoisotopic (exact) mass is 487 g/mol. The van der Waals surface area contributed by atoms with Gasteiger partial charge in [0.15, 0.2) is 0 Å². The van der Waals surface area contributed by atoms with Crippen LogP contribution >= 0.6 is 0 Å². The van der Waals surface area contributed by atoms with Gasteiger partial charge in [-0.2, -0.15) is 0 Å². The largest absolute Gasteiger partial charge is 0.491 e. The van der Waals surface area contributed by atoms with Gasteiger partial charge in [0, 0.05) is 62.3 Å². The summed E-state index contributed by atoms with van der Waals surface area (Å²) >= 11 is 0. The summed E-state index contributed by atoms with van der Waals surface area (Å²) in [4.78, 5) is 32.1. The van der Waals surface area contributed by atoms with E-state index in [4.69, 9.17) is 4.74 Å². The van der Waals surface area contributed by atoms with E-state index in [9.17, 15) is 14.7 Å². The Labute approximate surface area is 211 Å². The van der Waals surface area contributed by atoms with Crippen LogP contribution in [0.1, 0.15) is 31.8 Å². The molecule has 1 fully saturated rings. The molecule has 36 heavy (non-hydrogen) atoms. The zero-order chi connectivity index (χ0) is 25.2. The van der Waals surface area contributed by atoms with Gasteiger partial charge in [-0.05, 0) is 48.6 Å². The lowest BCUT2D eigenvalue weighted by Gasteiger charge is -2.36. The smallest absolute Gasteiger partial charge is 0.261 e. The summed E-state index contributed by atoms with van der Waals surface area (Å²) in [5.74, 6) is 0.393. The molecule has 2 aliphatic rings. The number of carbonyl (C=O) groups excluding carboxylic acids is 2. The van der Waals surface area contributed by atoms with E-state index in [1.54, 1.807) is 0 Å². The van der Waals surface area contributed by atoms with Gasteiger partial charge in [-0.3, -0.25) is 24.3 Å². The lowest BCUT2D eigenvalue weighted by molar-refractivity contribution is 0.0415. The summed E-state index contributed by atoms with van der Waals surface area (Å²) < 4.78 is 5.86. The van der Waals surface area contributed by atoms with E-state index in [2.05, 4.69) is 15.9 Å². The number of rotatable bonds is 8. The van der Waals surface area contributed by atoms with E-state index in [1.807, 2.05) is 62.4 Å². The summed E-state index contributed by atoms with van der Waals surface area (Å²) in [6, 6.07) is 17.3. The normalized spacial score (nSPS) is 17.6. The molecule has 1 atom stereocenters. The zero-order valence-corrected chi connectivity index (χ0v) is 20.9. The van der Waals surface area contributed by atoms with Gasteiger partial charge >= 0.3 is 0 Å². The van der Waals surface area contributed by atoms with E-state index in [1.165, 1.54) is 4.90 Å². The quantitative estimate of drug-likeness (QED) is 0.493. The van der Waals surface area contributed by atoms with E-state index in [0.717, 1.165) is 53.8 Å². The summed E-state index contributed by atoms with van der Waals surface area (Å²) in [5, 5.41) is 12.2. The number of β-amino-alcohol motifs (C(OH)–C–C–N with tert-alkyl or cyclic N) is 1. The molecule has 2 aliphatic heterocycles. The van der Waals surface area contributed by atoms with Crippen molar-refractivity contribution in [2.24, 2.45) is 0 Å². The summed E-state index contributed by atoms with van der Waals surface area (Å²) in [7, 11) is 0. The highest BCUT2D eigenvalue weighted by Gasteiger charge is 2.33. The molecule has 0 bridgehead atoms. The Morgan fingerprint density at radius 2 is 1.50 bits per heavy atom. The molecule has 0 saturated carbocycles. The minimum Gasteiger partial charge on any atom is -0.491 e. The first-order chi connectivity index (χ1) is 17.4. The first kappa shape index (κ1) is 24.4. The lowest BCUT2D eigenvalue weighted by atomic mass is 9.94. The van der Waals surface area contributed by atoms with E-state index in [-0.39, 0.29) is 18.4 Å². The van der Waals surface area contributed by atoms with Gasteiger partial charge in [0.1, 0.15) is 18.5 Å². The van der Waals surface area contributed by atoms with Gasteiger partial charge in [0.05, 0.1) is 0 Å². The number of carbonyl (C=O) groups is 2. The highest BCUT2D eigenvalue weighted by atomic mass is 16.5. The fraction of sp³-hybridized carbons (Fsp3) is 0.379. The fourth-order valence-electron chi connectivity index (χ4n) is 5.12. The minimum atomic E-state index is -0.567. The molecule has 2 heterocycles. The zero-order valence-electron chi connectivity index (χ0n) is 20.9. The topological polar surface area (TPSA) is 73.3 Å². The van der Waals surface area contributed by atoms with Gasteiger partial charge in [0.25, 0.3) is 11.8 Å². The summed E-state index contributed by atoms with van der Waals surface area (Å²) in [6.45, 7) is 9.16. The number of piperazine rings is 1. The Bertz CT molecular complexity index is 1230. The average molecular weight is 488 g/mol. The van der Waals surface area contributed by atoms with Crippen molar-refractivity contribution in [3.05, 3.63) is 76.9 Å². The minimum absolute atomic E-state index is 0.213. The molecule has 5 rings (SSSR count). The number of aliphatic hydroxyl groups excluding tert-OH is 1. The van der Waals surface area contributed by atoms with Crippen molar-refractivity contribution < 1.29 is 19.4 Å². The van der Waals surface area contributed by atoms with Crippen LogP contribution in [-0.4, -0.2) is 90.1 Å². The van der Waals surface area contributed by atoms with Crippen molar-refractivity contribution in [3.63, 3.8) is 0 Å². The molecule has 1 N–H and O–H groups in total. The predicted molar refractivity (Wildman–Crippen MR) is 140 cm³/mol. The van der Waals surface area contributed by atoms with Crippen LogP contribution in [0.3, 0.4) is 0 Å². The molecule has 0 aliphatic carbocycles. The number of ether oxygens (including phenoxy) is 1. The Hall–Kier alpha value is -3.26. The van der Waals surface area contributed by atoms with Gasteiger partial charge in [0.2, 0.25) is 0 Å². The second-order valence-corrected chi connectivity index (χ2v) is 9.85. The molecule has 3 aromatic rings. The van der Waals surface area contributed by atoms with Crippen LogP contribution in [0.4, 0.5) is 0 Å². The summed E-state index contributed by atoms with van der Waals surface area (Å²) in [5.41, 5.74) is 3.40. The van der Waals surface area contributed by atoms with Gasteiger partial charge in [-0.25, -0.2) is 0 Å². The number of benzene rings is 3. The Morgan fingerprint density at radius 1 is 0.861 bits per heavy atom. The standard InChI is InChI=1S/C29H33N3O4/c1-20-9-10-21(2)26(17-20)36-19-23(33)18-31-13-11-30(12-14-31)15-16-32-28(34)24-7-3-5-22-6-4-8-25(27(22)24)29(32)35/h3-10,17,23,33H,11-16,18-19H2,1-2H3/t23-/m0/s1. The highest BCUT2D eigenvalue weighted by molar-refractivity contribution is 6.25. The van der Waals surface area contributed by atoms with Crippen LogP contribution in [0.5, 0.6) is 5.75 Å². The Morgan fingerprint density at radius 3 is 2.17 bits per heavy atom. The SMILES string of the molecule is Cc1ccc(C)c(OC[C@@H](O)CN2CCN(CCN3C(=O)c4cccc5cccc(c45)C3=O)CC2)c1. The highest BCUT2D eigenvalue weighted by Crippen LogP contribution is 2.29. The number of amides is 2. The first-order valence-corrected chi connectivity index (χ1v) is 12.6. The van der Waals surface area contributed by atoms with Crippen molar-refractivity contribution in [1.29, 1.82) is 0 Å². The van der Waals surface area contributed by atoms with Gasteiger partial charge in [-0.15, -0.1) is 0 Å².